The molecule has 3 rings (SSSR count). The van der Waals surface area contributed by atoms with Gasteiger partial charge in [-0.3, -0.25) is 9.59 Å². The third-order valence-electron chi connectivity index (χ3n) is 5.12. The van der Waals surface area contributed by atoms with Crippen molar-refractivity contribution in [2.75, 3.05) is 7.05 Å². The van der Waals surface area contributed by atoms with Crippen LogP contribution in [0.5, 0.6) is 0 Å². The summed E-state index contributed by atoms with van der Waals surface area (Å²) in [4.78, 5) is 28.0. The zero-order valence-electron chi connectivity index (χ0n) is 17.5. The van der Waals surface area contributed by atoms with Crippen molar-refractivity contribution in [3.63, 3.8) is 0 Å². The molecule has 0 aliphatic rings. The highest BCUT2D eigenvalue weighted by Gasteiger charge is 2.29. The average Bonchev–Trinajstić information content (AvgIpc) is 2.80. The lowest BCUT2D eigenvalue weighted by molar-refractivity contribution is -0.140. The zero-order valence-corrected chi connectivity index (χ0v) is 20.6. The minimum absolute atomic E-state index is 0.107. The first-order valence-electron chi connectivity index (χ1n) is 10.1. The molecule has 0 fully saturated rings. The number of likely N-dealkylation sites (N-methyl/N-ethyl adjacent to an activating group) is 1. The first-order valence-corrected chi connectivity index (χ1v) is 11.7. The Hall–Kier alpha value is -2.34. The zero-order chi connectivity index (χ0) is 23.1. The van der Waals surface area contributed by atoms with E-state index in [1.807, 2.05) is 54.6 Å². The lowest BCUT2D eigenvalue weighted by Gasteiger charge is -2.31. The van der Waals surface area contributed by atoms with Crippen molar-refractivity contribution in [1.29, 1.82) is 0 Å². The molecule has 3 aromatic rings. The molecule has 0 saturated carbocycles. The number of hydrogen-bond acceptors (Lipinski definition) is 2. The number of rotatable bonds is 8. The summed E-state index contributed by atoms with van der Waals surface area (Å²) < 4.78 is 0.946. The molecule has 166 valence electrons. The fourth-order valence-electron chi connectivity index (χ4n) is 3.43. The van der Waals surface area contributed by atoms with E-state index in [-0.39, 0.29) is 18.2 Å². The maximum absolute atomic E-state index is 13.5. The van der Waals surface area contributed by atoms with E-state index in [1.165, 1.54) is 0 Å². The Morgan fingerprint density at radius 2 is 1.56 bits per heavy atom. The van der Waals surface area contributed by atoms with E-state index in [2.05, 4.69) is 21.2 Å². The summed E-state index contributed by atoms with van der Waals surface area (Å²) in [5.74, 6) is -0.385. The quantitative estimate of drug-likeness (QED) is 0.404. The van der Waals surface area contributed by atoms with Crippen LogP contribution in [0.25, 0.3) is 0 Å². The van der Waals surface area contributed by atoms with Gasteiger partial charge in [-0.25, -0.2) is 0 Å². The van der Waals surface area contributed by atoms with Gasteiger partial charge in [0.1, 0.15) is 6.04 Å². The summed E-state index contributed by atoms with van der Waals surface area (Å²) in [6, 6.07) is 21.9. The molecule has 0 radical (unpaired) electrons. The third kappa shape index (κ3) is 6.58. The van der Waals surface area contributed by atoms with Crippen molar-refractivity contribution in [3.8, 4) is 0 Å². The second-order valence-corrected chi connectivity index (χ2v) is 9.12. The average molecular weight is 534 g/mol. The van der Waals surface area contributed by atoms with Gasteiger partial charge in [-0.1, -0.05) is 87.7 Å². The molecule has 0 aromatic heterocycles. The first-order chi connectivity index (χ1) is 15.4. The van der Waals surface area contributed by atoms with Crippen molar-refractivity contribution in [1.82, 2.24) is 10.2 Å². The van der Waals surface area contributed by atoms with Crippen molar-refractivity contribution in [2.45, 2.75) is 25.4 Å². The molecule has 1 atom stereocenters. The number of carbonyl (C=O) groups is 2. The molecule has 2 amide bonds. The molecule has 0 unspecified atom stereocenters. The Bertz CT molecular complexity index is 1080. The minimum Gasteiger partial charge on any atom is -0.357 e. The number of nitrogens with one attached hydrogen (secondary N) is 1. The monoisotopic (exact) mass is 532 g/mol. The molecule has 0 saturated heterocycles. The number of halogens is 3. The summed E-state index contributed by atoms with van der Waals surface area (Å²) in [6.07, 6.45) is 0.514. The SMILES string of the molecule is CNC(=O)[C@@H](Cc1ccccc1)N(Cc1ccc(Br)cc1)C(=O)Cc1ccc(Cl)c(Cl)c1. The van der Waals surface area contributed by atoms with Crippen molar-refractivity contribution in [3.05, 3.63) is 104 Å². The van der Waals surface area contributed by atoms with Gasteiger partial charge in [0.25, 0.3) is 0 Å². The van der Waals surface area contributed by atoms with E-state index < -0.39 is 6.04 Å². The molecule has 32 heavy (non-hydrogen) atoms. The number of hydrogen-bond donors (Lipinski definition) is 1. The Labute approximate surface area is 206 Å². The molecule has 1 N–H and O–H groups in total. The van der Waals surface area contributed by atoms with Crippen LogP contribution < -0.4 is 5.32 Å². The van der Waals surface area contributed by atoms with Gasteiger partial charge in [0.05, 0.1) is 16.5 Å². The van der Waals surface area contributed by atoms with Gasteiger partial charge in [-0.15, -0.1) is 0 Å². The number of amides is 2. The van der Waals surface area contributed by atoms with Crippen LogP contribution in [-0.4, -0.2) is 29.8 Å². The van der Waals surface area contributed by atoms with Gasteiger partial charge >= 0.3 is 0 Å². The lowest BCUT2D eigenvalue weighted by atomic mass is 10.0. The molecule has 0 aliphatic heterocycles. The van der Waals surface area contributed by atoms with Gasteiger partial charge in [0.2, 0.25) is 11.8 Å². The lowest BCUT2D eigenvalue weighted by Crippen LogP contribution is -2.50. The minimum atomic E-state index is -0.665. The summed E-state index contributed by atoms with van der Waals surface area (Å²) in [7, 11) is 1.58. The predicted octanol–water partition coefficient (Wildman–Crippen LogP) is 5.68. The molecule has 0 spiro atoms. The van der Waals surface area contributed by atoms with E-state index in [9.17, 15) is 9.59 Å². The maximum atomic E-state index is 13.5. The van der Waals surface area contributed by atoms with Gasteiger partial charge < -0.3 is 10.2 Å². The normalized spacial score (nSPS) is 11.6. The number of nitrogens with zero attached hydrogens (tertiary/aromatic N) is 1. The molecule has 0 bridgehead atoms. The van der Waals surface area contributed by atoms with Crippen molar-refractivity contribution >= 4 is 50.9 Å². The third-order valence-corrected chi connectivity index (χ3v) is 6.39. The van der Waals surface area contributed by atoms with Crippen LogP contribution >= 0.6 is 39.1 Å². The van der Waals surface area contributed by atoms with Crippen LogP contribution in [0, 0.1) is 0 Å². The second-order valence-electron chi connectivity index (χ2n) is 7.39. The highest BCUT2D eigenvalue weighted by molar-refractivity contribution is 9.10. The van der Waals surface area contributed by atoms with Crippen molar-refractivity contribution in [2.24, 2.45) is 0 Å². The van der Waals surface area contributed by atoms with Crippen LogP contribution in [0.2, 0.25) is 10.0 Å². The maximum Gasteiger partial charge on any atom is 0.242 e. The van der Waals surface area contributed by atoms with Crippen molar-refractivity contribution < 1.29 is 9.59 Å². The summed E-state index contributed by atoms with van der Waals surface area (Å²) in [5.41, 5.74) is 2.64. The fraction of sp³-hybridized carbons (Fsp3) is 0.200. The number of carbonyl (C=O) groups excluding carboxylic acids is 2. The first kappa shape index (κ1) is 24.3. The fourth-order valence-corrected chi connectivity index (χ4v) is 4.02. The van der Waals surface area contributed by atoms with Crippen LogP contribution in [0.4, 0.5) is 0 Å². The van der Waals surface area contributed by atoms with Gasteiger partial charge in [0.15, 0.2) is 0 Å². The Morgan fingerprint density at radius 3 is 2.19 bits per heavy atom. The molecule has 7 heteroatoms. The Balaban J connectivity index is 1.93. The highest BCUT2D eigenvalue weighted by atomic mass is 79.9. The van der Waals surface area contributed by atoms with E-state index in [1.54, 1.807) is 30.1 Å². The summed E-state index contributed by atoms with van der Waals surface area (Å²) >= 11 is 15.6. The smallest absolute Gasteiger partial charge is 0.242 e. The molecular weight excluding hydrogens is 511 g/mol. The largest absolute Gasteiger partial charge is 0.357 e. The van der Waals surface area contributed by atoms with E-state index in [4.69, 9.17) is 23.2 Å². The van der Waals surface area contributed by atoms with Gasteiger partial charge in [-0.05, 0) is 41.0 Å². The van der Waals surface area contributed by atoms with Crippen LogP contribution in [0.3, 0.4) is 0 Å². The van der Waals surface area contributed by atoms with E-state index >= 15 is 0 Å². The Morgan fingerprint density at radius 1 is 0.906 bits per heavy atom. The second kappa shape index (κ2) is 11.5. The highest BCUT2D eigenvalue weighted by Crippen LogP contribution is 2.24. The topological polar surface area (TPSA) is 49.4 Å². The van der Waals surface area contributed by atoms with E-state index in [0.717, 1.165) is 21.2 Å². The summed E-state index contributed by atoms with van der Waals surface area (Å²) in [5, 5.41) is 3.54. The van der Waals surface area contributed by atoms with Crippen LogP contribution in [0.1, 0.15) is 16.7 Å². The predicted molar refractivity (Wildman–Crippen MR) is 133 cm³/mol. The molecular formula is C25H23BrCl2N2O2. The molecule has 4 nitrogen and oxygen atoms in total. The molecule has 0 heterocycles. The van der Waals surface area contributed by atoms with E-state index in [0.29, 0.717) is 23.0 Å². The van der Waals surface area contributed by atoms with Crippen LogP contribution in [-0.2, 0) is 29.0 Å². The van der Waals surface area contributed by atoms with Gasteiger partial charge in [-0.2, -0.15) is 0 Å². The van der Waals surface area contributed by atoms with Crippen LogP contribution in [0.15, 0.2) is 77.3 Å². The number of benzene rings is 3. The Kier molecular flexibility index (Phi) is 8.74. The molecule has 3 aromatic carbocycles. The standard InChI is InChI=1S/C25H23BrCl2N2O2/c1-29-25(32)23(14-17-5-3-2-4-6-17)30(16-18-7-10-20(26)11-8-18)24(31)15-19-9-12-21(27)22(28)13-19/h2-13,23H,14-16H2,1H3,(H,29,32)/t23-/m1/s1. The summed E-state index contributed by atoms with van der Waals surface area (Å²) in [6.45, 7) is 0.304. The van der Waals surface area contributed by atoms with Gasteiger partial charge in [0, 0.05) is 24.5 Å². The molecule has 0 aliphatic carbocycles.